The second-order valence-electron chi connectivity index (χ2n) is 5.06. The molecule has 24 heavy (non-hydrogen) atoms. The Balaban J connectivity index is 2.91. The monoisotopic (exact) mass is 335 g/mol. The van der Waals surface area contributed by atoms with E-state index >= 15 is 0 Å². The van der Waals surface area contributed by atoms with Crippen molar-refractivity contribution in [2.45, 2.75) is 0 Å². The van der Waals surface area contributed by atoms with Crippen LogP contribution in [0.3, 0.4) is 0 Å². The smallest absolute Gasteiger partial charge is 0.354 e. The number of likely N-dealkylation sites (N-methyl/N-ethyl adjacent to an activating group) is 1. The summed E-state index contributed by atoms with van der Waals surface area (Å²) in [4.78, 5) is 36.6. The van der Waals surface area contributed by atoms with Crippen LogP contribution in [0.25, 0.3) is 0 Å². The first kappa shape index (κ1) is 19.2. The summed E-state index contributed by atoms with van der Waals surface area (Å²) in [6.45, 7) is 0.243. The number of nitrogens with one attached hydrogen (secondary N) is 2. The van der Waals surface area contributed by atoms with Crippen LogP contribution in [0, 0.1) is 0 Å². The van der Waals surface area contributed by atoms with E-state index < -0.39 is 11.9 Å². The Bertz CT molecular complexity index is 640. The van der Waals surface area contributed by atoms with Crippen molar-refractivity contribution >= 4 is 29.2 Å². The molecule has 2 N–H and O–H groups in total. The van der Waals surface area contributed by atoms with E-state index in [2.05, 4.69) is 20.1 Å². The van der Waals surface area contributed by atoms with Crippen LogP contribution in [0.5, 0.6) is 0 Å². The van der Waals surface area contributed by atoms with Crippen LogP contribution >= 0.6 is 0 Å². The second kappa shape index (κ2) is 9.31. The van der Waals surface area contributed by atoms with Gasteiger partial charge >= 0.3 is 11.9 Å². The van der Waals surface area contributed by atoms with Crippen LogP contribution in [0.1, 0.15) is 0 Å². The molecule has 1 aromatic carbocycles. The van der Waals surface area contributed by atoms with Crippen LogP contribution in [-0.4, -0.2) is 57.6 Å². The van der Waals surface area contributed by atoms with Crippen molar-refractivity contribution in [1.29, 1.82) is 0 Å². The Labute approximate surface area is 140 Å². The van der Waals surface area contributed by atoms with Gasteiger partial charge in [0.25, 0.3) is 0 Å². The summed E-state index contributed by atoms with van der Waals surface area (Å²) < 4.78 is 9.12. The van der Waals surface area contributed by atoms with Gasteiger partial charge in [-0.1, -0.05) is 6.07 Å². The Hall–Kier alpha value is -2.87. The van der Waals surface area contributed by atoms with Crippen molar-refractivity contribution < 1.29 is 23.9 Å². The van der Waals surface area contributed by atoms with Crippen LogP contribution in [0.4, 0.5) is 11.4 Å². The molecule has 1 amide bonds. The number of amides is 1. The number of esters is 2. The highest BCUT2D eigenvalue weighted by molar-refractivity contribution is 5.99. The largest absolute Gasteiger partial charge is 0.466 e. The van der Waals surface area contributed by atoms with Crippen LogP contribution in [-0.2, 0) is 23.9 Å². The van der Waals surface area contributed by atoms with E-state index in [1.807, 2.05) is 0 Å². The molecule has 130 valence electrons. The van der Waals surface area contributed by atoms with Gasteiger partial charge in [-0.05, 0) is 32.3 Å². The Morgan fingerprint density at radius 3 is 2.25 bits per heavy atom. The van der Waals surface area contributed by atoms with Gasteiger partial charge in [-0.2, -0.15) is 0 Å². The summed E-state index contributed by atoms with van der Waals surface area (Å²) >= 11 is 0. The molecule has 0 saturated carbocycles. The number of benzene rings is 1. The average molecular weight is 335 g/mol. The lowest BCUT2D eigenvalue weighted by molar-refractivity contribution is -0.138. The molecule has 0 spiro atoms. The Kier molecular flexibility index (Phi) is 7.44. The molecule has 0 aliphatic heterocycles. The third-order valence-corrected chi connectivity index (χ3v) is 2.75. The van der Waals surface area contributed by atoms with Gasteiger partial charge < -0.3 is 25.0 Å². The van der Waals surface area contributed by atoms with Crippen LogP contribution in [0.2, 0.25) is 0 Å². The Morgan fingerprint density at radius 2 is 1.71 bits per heavy atom. The Morgan fingerprint density at radius 1 is 1.08 bits per heavy atom. The highest BCUT2D eigenvalue weighted by Gasteiger charge is 2.13. The molecule has 0 aliphatic rings. The number of methoxy groups -OCH3 is 2. The van der Waals surface area contributed by atoms with Crippen LogP contribution in [0.15, 0.2) is 36.0 Å². The SMILES string of the molecule is COC(=O)/C=C(/Nc1cccc(NC(=O)CN(C)C)c1)C(=O)OC. The number of ether oxygens (including phenoxy) is 2. The van der Waals surface area contributed by atoms with Gasteiger partial charge in [-0.15, -0.1) is 0 Å². The number of nitrogens with zero attached hydrogens (tertiary/aromatic N) is 1. The van der Waals surface area contributed by atoms with Crippen LogP contribution < -0.4 is 10.6 Å². The molecule has 0 heterocycles. The first-order chi connectivity index (χ1) is 11.3. The highest BCUT2D eigenvalue weighted by atomic mass is 16.5. The molecule has 0 aliphatic carbocycles. The maximum absolute atomic E-state index is 11.8. The zero-order valence-corrected chi connectivity index (χ0v) is 14.1. The van der Waals surface area contributed by atoms with E-state index in [0.29, 0.717) is 11.4 Å². The first-order valence-corrected chi connectivity index (χ1v) is 7.05. The van der Waals surface area contributed by atoms with E-state index in [-0.39, 0.29) is 18.1 Å². The molecular formula is C16H21N3O5. The minimum Gasteiger partial charge on any atom is -0.466 e. The van der Waals surface area contributed by atoms with Gasteiger partial charge in [0.1, 0.15) is 5.70 Å². The molecule has 0 aromatic heterocycles. The van der Waals surface area contributed by atoms with Crippen molar-refractivity contribution in [3.8, 4) is 0 Å². The molecule has 0 atom stereocenters. The fraction of sp³-hybridized carbons (Fsp3) is 0.312. The maximum atomic E-state index is 11.8. The first-order valence-electron chi connectivity index (χ1n) is 7.05. The molecule has 0 saturated heterocycles. The third kappa shape index (κ3) is 6.49. The second-order valence-corrected chi connectivity index (χ2v) is 5.06. The number of rotatable bonds is 7. The van der Waals surface area contributed by atoms with Gasteiger partial charge in [0.05, 0.1) is 26.8 Å². The lowest BCUT2D eigenvalue weighted by Gasteiger charge is -2.12. The van der Waals surface area contributed by atoms with Crippen molar-refractivity contribution in [2.75, 3.05) is 45.5 Å². The normalized spacial score (nSPS) is 11.0. The van der Waals surface area contributed by atoms with Crippen molar-refractivity contribution in [1.82, 2.24) is 4.90 Å². The highest BCUT2D eigenvalue weighted by Crippen LogP contribution is 2.17. The van der Waals surface area contributed by atoms with E-state index in [4.69, 9.17) is 0 Å². The summed E-state index contributed by atoms with van der Waals surface area (Å²) in [6.07, 6.45) is 0.989. The average Bonchev–Trinajstić information content (AvgIpc) is 2.52. The lowest BCUT2D eigenvalue weighted by atomic mass is 10.2. The molecule has 8 nitrogen and oxygen atoms in total. The number of carbonyl (C=O) groups is 3. The zero-order chi connectivity index (χ0) is 18.1. The summed E-state index contributed by atoms with van der Waals surface area (Å²) in [6, 6.07) is 6.71. The molecule has 0 radical (unpaired) electrons. The van der Waals surface area contributed by atoms with E-state index in [1.54, 1.807) is 43.3 Å². The number of hydrogen-bond acceptors (Lipinski definition) is 7. The van der Waals surface area contributed by atoms with Gasteiger partial charge in [-0.3, -0.25) is 4.79 Å². The third-order valence-electron chi connectivity index (χ3n) is 2.75. The predicted molar refractivity (Wildman–Crippen MR) is 89.4 cm³/mol. The minimum atomic E-state index is -0.720. The van der Waals surface area contributed by atoms with Crippen molar-refractivity contribution in [3.63, 3.8) is 0 Å². The van der Waals surface area contributed by atoms with Gasteiger partial charge in [0.15, 0.2) is 0 Å². The van der Waals surface area contributed by atoms with E-state index in [1.165, 1.54) is 14.2 Å². The molecule has 0 unspecified atom stereocenters. The van der Waals surface area contributed by atoms with Crippen molar-refractivity contribution in [3.05, 3.63) is 36.0 Å². The topological polar surface area (TPSA) is 97.0 Å². The number of anilines is 2. The molecule has 1 rings (SSSR count). The van der Waals surface area contributed by atoms with Gasteiger partial charge in [-0.25, -0.2) is 9.59 Å². The maximum Gasteiger partial charge on any atom is 0.354 e. The molecule has 0 bridgehead atoms. The van der Waals surface area contributed by atoms with Crippen molar-refractivity contribution in [2.24, 2.45) is 0 Å². The zero-order valence-electron chi connectivity index (χ0n) is 14.1. The quantitative estimate of drug-likeness (QED) is 0.562. The summed E-state index contributed by atoms with van der Waals surface area (Å²) in [5.41, 5.74) is 0.966. The fourth-order valence-electron chi connectivity index (χ4n) is 1.75. The van der Waals surface area contributed by atoms with Gasteiger partial charge in [0, 0.05) is 11.4 Å². The predicted octanol–water partition coefficient (Wildman–Crippen LogP) is 0.828. The molecule has 8 heteroatoms. The molecular weight excluding hydrogens is 314 g/mol. The summed E-state index contributed by atoms with van der Waals surface area (Å²) in [5.74, 6) is -1.59. The summed E-state index contributed by atoms with van der Waals surface area (Å²) in [5, 5.41) is 5.51. The summed E-state index contributed by atoms with van der Waals surface area (Å²) in [7, 11) is 5.98. The fourth-order valence-corrected chi connectivity index (χ4v) is 1.75. The van der Waals surface area contributed by atoms with Gasteiger partial charge in [0.2, 0.25) is 5.91 Å². The minimum absolute atomic E-state index is 0.0823. The van der Waals surface area contributed by atoms with E-state index in [9.17, 15) is 14.4 Å². The van der Waals surface area contributed by atoms with E-state index in [0.717, 1.165) is 6.08 Å². The molecule has 1 aromatic rings. The molecule has 0 fully saturated rings. The number of hydrogen-bond donors (Lipinski definition) is 2. The standard InChI is InChI=1S/C16H21N3O5/c1-19(2)10-14(20)18-12-7-5-6-11(8-12)17-13(16(22)24-4)9-15(21)23-3/h5-9,17H,10H2,1-4H3,(H,18,20)/b13-9+. The lowest BCUT2D eigenvalue weighted by Crippen LogP contribution is -2.27. The number of carbonyl (C=O) groups excluding carboxylic acids is 3.